The molecule has 2 aromatic rings. The van der Waals surface area contributed by atoms with Crippen molar-refractivity contribution in [1.29, 1.82) is 0 Å². The minimum atomic E-state index is -4.00. The summed E-state index contributed by atoms with van der Waals surface area (Å²) in [6.45, 7) is 0.245. The van der Waals surface area contributed by atoms with Crippen molar-refractivity contribution < 1.29 is 26.4 Å². The standard InChI is InChI=1S/C21H27N3O6S2/c1-30-16-8-13-22-21(25)20-17-23(31(26,27)18-9-4-2-5-10-18)14-15-24(20)32(28,29)19-11-6-3-7-12-19/h2-7,9-12,20H,8,13-17H2,1H3,(H,22,25). The maximum atomic E-state index is 13.3. The lowest BCUT2D eigenvalue weighted by atomic mass is 10.2. The largest absolute Gasteiger partial charge is 0.385 e. The molecule has 174 valence electrons. The number of amides is 1. The maximum absolute atomic E-state index is 13.3. The Bertz CT molecular complexity index is 1110. The van der Waals surface area contributed by atoms with E-state index in [0.29, 0.717) is 13.0 Å². The lowest BCUT2D eigenvalue weighted by molar-refractivity contribution is -0.125. The van der Waals surface area contributed by atoms with Crippen LogP contribution in [-0.2, 0) is 29.6 Å². The van der Waals surface area contributed by atoms with Crippen LogP contribution in [0.15, 0.2) is 70.5 Å². The summed E-state index contributed by atoms with van der Waals surface area (Å²) >= 11 is 0. The molecule has 0 bridgehead atoms. The highest BCUT2D eigenvalue weighted by molar-refractivity contribution is 7.89. The van der Waals surface area contributed by atoms with Crippen LogP contribution in [0.1, 0.15) is 6.42 Å². The number of ether oxygens (including phenoxy) is 1. The smallest absolute Gasteiger partial charge is 0.243 e. The van der Waals surface area contributed by atoms with Crippen molar-refractivity contribution in [2.75, 3.05) is 39.9 Å². The van der Waals surface area contributed by atoms with E-state index in [9.17, 15) is 21.6 Å². The van der Waals surface area contributed by atoms with Gasteiger partial charge in [0.05, 0.1) is 9.79 Å². The third-order valence-electron chi connectivity index (χ3n) is 5.15. The summed E-state index contributed by atoms with van der Waals surface area (Å²) in [5, 5.41) is 2.71. The first-order valence-electron chi connectivity index (χ1n) is 10.2. The Morgan fingerprint density at radius 2 is 1.50 bits per heavy atom. The van der Waals surface area contributed by atoms with Crippen LogP contribution in [0.3, 0.4) is 0 Å². The highest BCUT2D eigenvalue weighted by Gasteiger charge is 2.43. The summed E-state index contributed by atoms with van der Waals surface area (Å²) in [6, 6.07) is 14.5. The molecule has 1 unspecified atom stereocenters. The number of hydrogen-bond donors (Lipinski definition) is 1. The molecule has 1 aliphatic heterocycles. The van der Waals surface area contributed by atoms with E-state index in [1.54, 1.807) is 43.5 Å². The first kappa shape index (κ1) is 24.3. The molecule has 32 heavy (non-hydrogen) atoms. The molecule has 3 rings (SSSR count). The molecular weight excluding hydrogens is 454 g/mol. The predicted octanol–water partition coefficient (Wildman–Crippen LogP) is 0.903. The highest BCUT2D eigenvalue weighted by atomic mass is 32.2. The maximum Gasteiger partial charge on any atom is 0.243 e. The number of benzene rings is 2. The number of rotatable bonds is 9. The molecule has 1 aliphatic rings. The lowest BCUT2D eigenvalue weighted by Gasteiger charge is -2.38. The monoisotopic (exact) mass is 481 g/mol. The van der Waals surface area contributed by atoms with Gasteiger partial charge in [-0.05, 0) is 30.7 Å². The Hall–Kier alpha value is -2.31. The van der Waals surface area contributed by atoms with Gasteiger partial charge in [-0.2, -0.15) is 8.61 Å². The average molecular weight is 482 g/mol. The summed E-state index contributed by atoms with van der Waals surface area (Å²) in [7, 11) is -6.33. The Morgan fingerprint density at radius 1 is 0.938 bits per heavy atom. The number of carbonyl (C=O) groups is 1. The van der Waals surface area contributed by atoms with Crippen molar-refractivity contribution in [3.8, 4) is 0 Å². The number of carbonyl (C=O) groups excluding carboxylic acids is 1. The zero-order valence-corrected chi connectivity index (χ0v) is 19.4. The number of methoxy groups -OCH3 is 1. The van der Waals surface area contributed by atoms with Gasteiger partial charge in [-0.25, -0.2) is 16.8 Å². The van der Waals surface area contributed by atoms with Crippen molar-refractivity contribution in [2.45, 2.75) is 22.3 Å². The first-order valence-corrected chi connectivity index (χ1v) is 13.0. The molecule has 1 fully saturated rings. The zero-order chi connectivity index (χ0) is 23.2. The highest BCUT2D eigenvalue weighted by Crippen LogP contribution is 2.25. The van der Waals surface area contributed by atoms with Gasteiger partial charge in [-0.15, -0.1) is 0 Å². The molecule has 0 radical (unpaired) electrons. The molecule has 0 spiro atoms. The molecule has 2 aromatic carbocycles. The van der Waals surface area contributed by atoms with Gasteiger partial charge >= 0.3 is 0 Å². The van der Waals surface area contributed by atoms with E-state index in [1.165, 1.54) is 28.6 Å². The summed E-state index contributed by atoms with van der Waals surface area (Å²) in [4.78, 5) is 13.1. The molecule has 0 aliphatic carbocycles. The number of sulfonamides is 2. The summed E-state index contributed by atoms with van der Waals surface area (Å²) in [6.07, 6.45) is 0.548. The van der Waals surface area contributed by atoms with E-state index in [2.05, 4.69) is 5.32 Å². The first-order chi connectivity index (χ1) is 15.3. The van der Waals surface area contributed by atoms with Gasteiger partial charge in [-0.1, -0.05) is 36.4 Å². The van der Waals surface area contributed by atoms with Crippen molar-refractivity contribution in [2.24, 2.45) is 0 Å². The second-order valence-electron chi connectivity index (χ2n) is 7.26. The topological polar surface area (TPSA) is 113 Å². The van der Waals surface area contributed by atoms with Crippen LogP contribution >= 0.6 is 0 Å². The molecule has 9 nitrogen and oxygen atoms in total. The second kappa shape index (κ2) is 10.5. The predicted molar refractivity (Wildman–Crippen MR) is 119 cm³/mol. The minimum Gasteiger partial charge on any atom is -0.385 e. The van der Waals surface area contributed by atoms with E-state index in [0.717, 1.165) is 4.31 Å². The molecular formula is C21H27N3O6S2. The van der Waals surface area contributed by atoms with Gasteiger partial charge in [-0.3, -0.25) is 4.79 Å². The van der Waals surface area contributed by atoms with Gasteiger partial charge in [0, 0.05) is 39.9 Å². The van der Waals surface area contributed by atoms with Crippen molar-refractivity contribution >= 4 is 26.0 Å². The van der Waals surface area contributed by atoms with Crippen molar-refractivity contribution in [3.05, 3.63) is 60.7 Å². The number of hydrogen-bond acceptors (Lipinski definition) is 6. The lowest BCUT2D eigenvalue weighted by Crippen LogP contribution is -2.61. The molecule has 1 heterocycles. The molecule has 1 atom stereocenters. The second-order valence-corrected chi connectivity index (χ2v) is 11.1. The van der Waals surface area contributed by atoms with Gasteiger partial charge in [0.1, 0.15) is 6.04 Å². The van der Waals surface area contributed by atoms with Crippen LogP contribution in [0.2, 0.25) is 0 Å². The Kier molecular flexibility index (Phi) is 8.01. The fourth-order valence-electron chi connectivity index (χ4n) is 3.48. The number of nitrogens with one attached hydrogen (secondary N) is 1. The minimum absolute atomic E-state index is 0.0524. The third-order valence-corrected chi connectivity index (χ3v) is 8.95. The summed E-state index contributed by atoms with van der Waals surface area (Å²) < 4.78 is 59.9. The molecule has 1 amide bonds. The Morgan fingerprint density at radius 3 is 2.06 bits per heavy atom. The van der Waals surface area contributed by atoms with Gasteiger partial charge in [0.15, 0.2) is 0 Å². The van der Waals surface area contributed by atoms with Gasteiger partial charge < -0.3 is 10.1 Å². The van der Waals surface area contributed by atoms with E-state index in [1.807, 2.05) is 0 Å². The van der Waals surface area contributed by atoms with Crippen molar-refractivity contribution in [1.82, 2.24) is 13.9 Å². The fourth-order valence-corrected chi connectivity index (χ4v) is 6.53. The molecule has 1 N–H and O–H groups in total. The molecule has 1 saturated heterocycles. The van der Waals surface area contributed by atoms with Crippen LogP contribution in [0, 0.1) is 0 Å². The van der Waals surface area contributed by atoms with Crippen LogP contribution in [-0.4, -0.2) is 77.3 Å². The average Bonchev–Trinajstić information content (AvgIpc) is 2.82. The number of nitrogens with zero attached hydrogens (tertiary/aromatic N) is 2. The Labute approximate surface area is 189 Å². The van der Waals surface area contributed by atoms with E-state index < -0.39 is 32.0 Å². The normalized spacial score (nSPS) is 18.3. The zero-order valence-electron chi connectivity index (χ0n) is 17.8. The fraction of sp³-hybridized carbons (Fsp3) is 0.381. The molecule has 0 saturated carbocycles. The third kappa shape index (κ3) is 5.36. The molecule has 11 heteroatoms. The van der Waals surface area contributed by atoms with Crippen LogP contribution in [0.25, 0.3) is 0 Å². The van der Waals surface area contributed by atoms with Crippen LogP contribution < -0.4 is 5.32 Å². The summed E-state index contributed by atoms with van der Waals surface area (Å²) in [5.74, 6) is -0.548. The SMILES string of the molecule is COCCCNC(=O)C1CN(S(=O)(=O)c2ccccc2)CCN1S(=O)(=O)c1ccccc1. The van der Waals surface area contributed by atoms with Gasteiger partial charge in [0.2, 0.25) is 26.0 Å². The van der Waals surface area contributed by atoms with Crippen LogP contribution in [0.5, 0.6) is 0 Å². The summed E-state index contributed by atoms with van der Waals surface area (Å²) in [5.41, 5.74) is 0. The quantitative estimate of drug-likeness (QED) is 0.533. The van der Waals surface area contributed by atoms with E-state index in [-0.39, 0.29) is 36.0 Å². The van der Waals surface area contributed by atoms with Crippen LogP contribution in [0.4, 0.5) is 0 Å². The number of piperazine rings is 1. The van der Waals surface area contributed by atoms with Gasteiger partial charge in [0.25, 0.3) is 0 Å². The van der Waals surface area contributed by atoms with Crippen molar-refractivity contribution in [3.63, 3.8) is 0 Å². The Balaban J connectivity index is 1.89. The molecule has 0 aromatic heterocycles. The van der Waals surface area contributed by atoms with E-state index >= 15 is 0 Å². The van der Waals surface area contributed by atoms with E-state index in [4.69, 9.17) is 4.74 Å².